The second kappa shape index (κ2) is 13.3. The highest BCUT2D eigenvalue weighted by Crippen LogP contribution is 2.18. The molecule has 0 radical (unpaired) electrons. The van der Waals surface area contributed by atoms with Gasteiger partial charge < -0.3 is 20.3 Å². The summed E-state index contributed by atoms with van der Waals surface area (Å²) >= 11 is 0. The summed E-state index contributed by atoms with van der Waals surface area (Å²) in [6.07, 6.45) is 4.94. The van der Waals surface area contributed by atoms with Gasteiger partial charge in [-0.1, -0.05) is 19.1 Å². The summed E-state index contributed by atoms with van der Waals surface area (Å²) in [5.41, 5.74) is 2.13. The van der Waals surface area contributed by atoms with Crippen molar-refractivity contribution in [2.45, 2.75) is 52.6 Å². The molecule has 3 rings (SSSR count). The van der Waals surface area contributed by atoms with E-state index < -0.39 is 0 Å². The van der Waals surface area contributed by atoms with E-state index in [-0.39, 0.29) is 24.0 Å². The van der Waals surface area contributed by atoms with E-state index in [2.05, 4.69) is 51.5 Å². The summed E-state index contributed by atoms with van der Waals surface area (Å²) < 4.78 is 5.54. The highest BCUT2D eigenvalue weighted by molar-refractivity contribution is 14.0. The minimum absolute atomic E-state index is 0. The van der Waals surface area contributed by atoms with Crippen LogP contribution in [0.5, 0.6) is 5.88 Å². The molecule has 0 amide bonds. The van der Waals surface area contributed by atoms with E-state index in [4.69, 9.17) is 9.73 Å². The maximum absolute atomic E-state index is 5.54. The Hall–Kier alpha value is -2.10. The van der Waals surface area contributed by atoms with Gasteiger partial charge in [0, 0.05) is 43.6 Å². The Balaban J connectivity index is 0.00000341. The van der Waals surface area contributed by atoms with Crippen LogP contribution in [0.1, 0.15) is 44.4 Å². The lowest BCUT2D eigenvalue weighted by molar-refractivity contribution is 0.305. The van der Waals surface area contributed by atoms with Gasteiger partial charge in [0.15, 0.2) is 5.96 Å². The summed E-state index contributed by atoms with van der Waals surface area (Å²) in [4.78, 5) is 16.1. The highest BCUT2D eigenvalue weighted by Gasteiger charge is 2.21. The zero-order chi connectivity index (χ0) is 21.2. The largest absolute Gasteiger partial charge is 0.478 e. The molecule has 0 unspecified atom stereocenters. The second-order valence-corrected chi connectivity index (χ2v) is 7.59. The maximum Gasteiger partial charge on any atom is 0.213 e. The maximum atomic E-state index is 5.54. The van der Waals surface area contributed by atoms with Gasteiger partial charge in [0.1, 0.15) is 5.82 Å². The number of nitrogens with one attached hydrogen (secondary N) is 2. The first-order valence-corrected chi connectivity index (χ1v) is 11.0. The first-order chi connectivity index (χ1) is 14.7. The zero-order valence-electron chi connectivity index (χ0n) is 18.8. The third-order valence-electron chi connectivity index (χ3n) is 5.05. The molecule has 1 aliphatic rings. The SMILES string of the molecule is CCCOc1ccc(CN=C(NCC)NC2CCN(c3cccc(C)n3)CC2)cn1.I. The molecule has 0 aromatic carbocycles. The van der Waals surface area contributed by atoms with Crippen molar-refractivity contribution < 1.29 is 4.74 Å². The van der Waals surface area contributed by atoms with Gasteiger partial charge in [0.05, 0.1) is 13.2 Å². The van der Waals surface area contributed by atoms with Gasteiger partial charge in [-0.3, -0.25) is 0 Å². The Labute approximate surface area is 203 Å². The van der Waals surface area contributed by atoms with E-state index in [1.807, 2.05) is 31.3 Å². The lowest BCUT2D eigenvalue weighted by Gasteiger charge is -2.34. The van der Waals surface area contributed by atoms with E-state index in [1.165, 1.54) is 0 Å². The third-order valence-corrected chi connectivity index (χ3v) is 5.05. The first kappa shape index (κ1) is 25.2. The van der Waals surface area contributed by atoms with Crippen LogP contribution < -0.4 is 20.3 Å². The van der Waals surface area contributed by atoms with Gasteiger partial charge in [-0.2, -0.15) is 0 Å². The van der Waals surface area contributed by atoms with Crippen molar-refractivity contribution >= 4 is 35.8 Å². The van der Waals surface area contributed by atoms with Crippen molar-refractivity contribution in [1.82, 2.24) is 20.6 Å². The van der Waals surface area contributed by atoms with Crippen LogP contribution in [0.4, 0.5) is 5.82 Å². The van der Waals surface area contributed by atoms with Crippen molar-refractivity contribution in [3.05, 3.63) is 47.8 Å². The number of aliphatic imine (C=N–C) groups is 1. The van der Waals surface area contributed by atoms with Gasteiger partial charge in [-0.05, 0) is 50.8 Å². The number of piperidine rings is 1. The molecule has 3 heterocycles. The van der Waals surface area contributed by atoms with Crippen molar-refractivity contribution in [2.75, 3.05) is 31.1 Å². The predicted molar refractivity (Wildman–Crippen MR) is 138 cm³/mol. The molecule has 2 aromatic rings. The van der Waals surface area contributed by atoms with Crippen LogP contribution in [0.2, 0.25) is 0 Å². The Kier molecular flexibility index (Phi) is 10.8. The summed E-state index contributed by atoms with van der Waals surface area (Å²) in [6, 6.07) is 10.6. The first-order valence-electron chi connectivity index (χ1n) is 11.0. The molecule has 7 nitrogen and oxygen atoms in total. The fourth-order valence-corrected chi connectivity index (χ4v) is 3.44. The smallest absolute Gasteiger partial charge is 0.213 e. The van der Waals surface area contributed by atoms with Gasteiger partial charge in [0.2, 0.25) is 5.88 Å². The molecule has 8 heteroatoms. The van der Waals surface area contributed by atoms with Crippen LogP contribution in [0.15, 0.2) is 41.5 Å². The van der Waals surface area contributed by atoms with Crippen molar-refractivity contribution in [2.24, 2.45) is 4.99 Å². The van der Waals surface area contributed by atoms with Crippen LogP contribution in [-0.2, 0) is 6.54 Å². The lowest BCUT2D eigenvalue weighted by Crippen LogP contribution is -2.48. The molecule has 1 saturated heterocycles. The van der Waals surface area contributed by atoms with E-state index in [0.717, 1.165) is 61.9 Å². The number of nitrogens with zero attached hydrogens (tertiary/aromatic N) is 4. The standard InChI is InChI=1S/C23H34N6O.HI/c1-4-15-30-22-10-9-19(16-25-22)17-26-23(24-5-2)28-20-11-13-29(14-12-20)21-8-6-7-18(3)27-21;/h6-10,16,20H,4-5,11-15,17H2,1-3H3,(H2,24,26,28);1H. The monoisotopic (exact) mass is 538 g/mol. The van der Waals surface area contributed by atoms with E-state index in [1.54, 1.807) is 0 Å². The number of guanidine groups is 1. The molecule has 0 bridgehead atoms. The van der Waals surface area contributed by atoms with Gasteiger partial charge in [-0.15, -0.1) is 24.0 Å². The number of anilines is 1. The van der Waals surface area contributed by atoms with E-state index >= 15 is 0 Å². The predicted octanol–water partition coefficient (Wildman–Crippen LogP) is 3.92. The summed E-state index contributed by atoms with van der Waals surface area (Å²) in [5.74, 6) is 2.60. The molecule has 1 fully saturated rings. The van der Waals surface area contributed by atoms with E-state index in [9.17, 15) is 0 Å². The topological polar surface area (TPSA) is 74.7 Å². The van der Waals surface area contributed by atoms with Crippen LogP contribution in [0.3, 0.4) is 0 Å². The Morgan fingerprint density at radius 1 is 1.19 bits per heavy atom. The number of rotatable bonds is 8. The number of aromatic nitrogens is 2. The number of hydrogen-bond donors (Lipinski definition) is 2. The average molecular weight is 538 g/mol. The average Bonchev–Trinajstić information content (AvgIpc) is 2.77. The fourth-order valence-electron chi connectivity index (χ4n) is 3.44. The molecule has 0 saturated carbocycles. The minimum Gasteiger partial charge on any atom is -0.478 e. The normalized spacial score (nSPS) is 14.7. The molecule has 0 atom stereocenters. The summed E-state index contributed by atoms with van der Waals surface area (Å²) in [5, 5.41) is 6.95. The molecule has 2 N–H and O–H groups in total. The number of hydrogen-bond acceptors (Lipinski definition) is 5. The number of ether oxygens (including phenoxy) is 1. The number of halogens is 1. The second-order valence-electron chi connectivity index (χ2n) is 7.59. The number of pyridine rings is 2. The van der Waals surface area contributed by atoms with Crippen molar-refractivity contribution in [3.8, 4) is 5.88 Å². The molecule has 1 aliphatic heterocycles. The lowest BCUT2D eigenvalue weighted by atomic mass is 10.1. The van der Waals surface area contributed by atoms with Crippen molar-refractivity contribution in [1.29, 1.82) is 0 Å². The molecule has 170 valence electrons. The van der Waals surface area contributed by atoms with Gasteiger partial charge in [-0.25, -0.2) is 15.0 Å². The Morgan fingerprint density at radius 3 is 2.65 bits per heavy atom. The van der Waals surface area contributed by atoms with Crippen LogP contribution in [0.25, 0.3) is 0 Å². The van der Waals surface area contributed by atoms with Crippen LogP contribution >= 0.6 is 24.0 Å². The molecular weight excluding hydrogens is 503 g/mol. The third kappa shape index (κ3) is 8.16. The van der Waals surface area contributed by atoms with Crippen LogP contribution in [-0.4, -0.2) is 48.2 Å². The Bertz CT molecular complexity index is 806. The zero-order valence-corrected chi connectivity index (χ0v) is 21.1. The minimum atomic E-state index is 0. The van der Waals surface area contributed by atoms with E-state index in [0.29, 0.717) is 25.1 Å². The molecule has 0 aliphatic carbocycles. The van der Waals surface area contributed by atoms with Gasteiger partial charge >= 0.3 is 0 Å². The Morgan fingerprint density at radius 2 is 2.00 bits per heavy atom. The van der Waals surface area contributed by atoms with Crippen LogP contribution in [0, 0.1) is 6.92 Å². The van der Waals surface area contributed by atoms with Gasteiger partial charge in [0.25, 0.3) is 0 Å². The fraction of sp³-hybridized carbons (Fsp3) is 0.522. The summed E-state index contributed by atoms with van der Waals surface area (Å²) in [7, 11) is 0. The molecule has 31 heavy (non-hydrogen) atoms. The molecular formula is C23H35IN6O. The quantitative estimate of drug-likeness (QED) is 0.302. The number of aryl methyl sites for hydroxylation is 1. The van der Waals surface area contributed by atoms with Crippen molar-refractivity contribution in [3.63, 3.8) is 0 Å². The molecule has 2 aromatic heterocycles. The molecule has 0 spiro atoms. The summed E-state index contributed by atoms with van der Waals surface area (Å²) in [6.45, 7) is 10.3. The highest BCUT2D eigenvalue weighted by atomic mass is 127.